The number of H-pyrrole nitrogens is 1. The first kappa shape index (κ1) is 26.8. The number of rotatable bonds is 6. The van der Waals surface area contributed by atoms with Gasteiger partial charge in [0.2, 0.25) is 5.91 Å². The molecule has 0 bridgehead atoms. The van der Waals surface area contributed by atoms with Crippen LogP contribution in [0.15, 0.2) is 47.3 Å². The summed E-state index contributed by atoms with van der Waals surface area (Å²) in [5, 5.41) is 20.5. The number of amides is 2. The number of aromatic amines is 1. The summed E-state index contributed by atoms with van der Waals surface area (Å²) in [7, 11) is 0. The normalized spacial score (nSPS) is 22.6. The largest absolute Gasteiger partial charge is 0.450 e. The van der Waals surface area contributed by atoms with Gasteiger partial charge in [0.05, 0.1) is 28.6 Å². The molecular weight excluding hydrogens is 522 g/mol. The molecule has 0 saturated carbocycles. The van der Waals surface area contributed by atoms with Crippen LogP contribution >= 0.6 is 11.6 Å². The number of carbonyl (C=O) groups excluding carboxylic acids is 2. The summed E-state index contributed by atoms with van der Waals surface area (Å²) in [4.78, 5) is 45.1. The molecule has 10 nitrogen and oxygen atoms in total. The first-order valence-corrected chi connectivity index (χ1v) is 13.1. The third-order valence-electron chi connectivity index (χ3n) is 7.55. The van der Waals surface area contributed by atoms with Gasteiger partial charge in [-0.1, -0.05) is 23.7 Å². The van der Waals surface area contributed by atoms with Gasteiger partial charge in [0.1, 0.15) is 17.5 Å². The Hall–Kier alpha value is -3.76. The van der Waals surface area contributed by atoms with Crippen molar-refractivity contribution in [3.05, 3.63) is 80.5 Å². The molecule has 0 spiro atoms. The van der Waals surface area contributed by atoms with Gasteiger partial charge in [0, 0.05) is 17.5 Å². The molecule has 2 saturated heterocycles. The number of fused-ring (bicyclic) bond motifs is 1. The summed E-state index contributed by atoms with van der Waals surface area (Å²) in [6.45, 7) is 6.77. The van der Waals surface area contributed by atoms with Gasteiger partial charge in [-0.25, -0.2) is 10.1 Å². The molecule has 204 valence electrons. The second-order valence-corrected chi connectivity index (χ2v) is 11.2. The summed E-state index contributed by atoms with van der Waals surface area (Å²) >= 11 is 6.31. The number of pyridine rings is 1. The lowest BCUT2D eigenvalue weighted by Gasteiger charge is -2.39. The number of ether oxygens (including phenoxy) is 1. The quantitative estimate of drug-likeness (QED) is 0.427. The standard InChI is InChI=1S/C28H30ClN5O5/c1-15-12-22(25(36)33-32-15)39-21-9-8-19(30-16(21)2)24(35)31-20-14-28(17-6-5-7-18(29)13-17)11-10-23(27(3,4)38)34(28)26(20)37/h5-9,12-13,20,23,38H,10-11,14H2,1-4H3,(H,31,35)(H,33,36)/t20-,23+,28+/m0/s1. The van der Waals surface area contributed by atoms with Crippen molar-refractivity contribution in [2.24, 2.45) is 0 Å². The second-order valence-electron chi connectivity index (χ2n) is 10.8. The van der Waals surface area contributed by atoms with E-state index in [0.29, 0.717) is 41.4 Å². The number of nitrogens with zero attached hydrogens (tertiary/aromatic N) is 3. The smallest absolute Gasteiger partial charge is 0.307 e. The molecule has 2 aromatic heterocycles. The van der Waals surface area contributed by atoms with Gasteiger partial charge in [0.15, 0.2) is 5.75 Å². The number of hydrogen-bond donors (Lipinski definition) is 3. The van der Waals surface area contributed by atoms with Crippen molar-refractivity contribution in [1.82, 2.24) is 25.4 Å². The maximum Gasteiger partial charge on any atom is 0.307 e. The highest BCUT2D eigenvalue weighted by Gasteiger charge is 2.60. The van der Waals surface area contributed by atoms with Gasteiger partial charge in [-0.05, 0) is 70.4 Å². The van der Waals surface area contributed by atoms with Crippen LogP contribution in [-0.4, -0.2) is 54.7 Å². The maximum absolute atomic E-state index is 13.7. The predicted octanol–water partition coefficient (Wildman–Crippen LogP) is 3.39. The minimum absolute atomic E-state index is 0.0643. The number of aliphatic hydroxyl groups is 1. The molecule has 2 aliphatic rings. The lowest BCUT2D eigenvalue weighted by Crippen LogP contribution is -2.53. The molecule has 0 radical (unpaired) electrons. The van der Waals surface area contributed by atoms with Crippen molar-refractivity contribution in [2.45, 2.75) is 70.2 Å². The third-order valence-corrected chi connectivity index (χ3v) is 7.79. The Bertz CT molecular complexity index is 1520. The summed E-state index contributed by atoms with van der Waals surface area (Å²) in [6, 6.07) is 10.7. The Labute approximate surface area is 230 Å². The monoisotopic (exact) mass is 551 g/mol. The molecule has 0 aliphatic carbocycles. The molecule has 5 rings (SSSR count). The van der Waals surface area contributed by atoms with E-state index in [-0.39, 0.29) is 17.4 Å². The van der Waals surface area contributed by atoms with E-state index in [2.05, 4.69) is 20.5 Å². The fourth-order valence-electron chi connectivity index (χ4n) is 5.73. The van der Waals surface area contributed by atoms with Crippen LogP contribution in [0.4, 0.5) is 0 Å². The Morgan fingerprint density at radius 3 is 2.67 bits per heavy atom. The molecule has 2 amide bonds. The van der Waals surface area contributed by atoms with Crippen LogP contribution in [-0.2, 0) is 10.3 Å². The number of halogens is 1. The summed E-state index contributed by atoms with van der Waals surface area (Å²) in [5.74, 6) is -0.387. The van der Waals surface area contributed by atoms with Crippen LogP contribution in [0.25, 0.3) is 0 Å². The van der Waals surface area contributed by atoms with Crippen molar-refractivity contribution in [2.75, 3.05) is 0 Å². The van der Waals surface area contributed by atoms with E-state index in [1.54, 1.807) is 44.7 Å². The molecule has 2 fully saturated rings. The van der Waals surface area contributed by atoms with Crippen LogP contribution in [0.2, 0.25) is 5.02 Å². The van der Waals surface area contributed by atoms with Gasteiger partial charge < -0.3 is 20.1 Å². The molecule has 2 aliphatic heterocycles. The summed E-state index contributed by atoms with van der Waals surface area (Å²) < 4.78 is 5.70. The lowest BCUT2D eigenvalue weighted by atomic mass is 9.85. The SMILES string of the molecule is Cc1cc(Oc2ccc(C(=O)N[C@H]3C[C@@]4(c5cccc(Cl)c5)CC[C@H](C(C)(C)O)N4C3=O)nc2C)c(=O)[nH]n1. The predicted molar refractivity (Wildman–Crippen MR) is 144 cm³/mol. The molecule has 3 aromatic rings. The van der Waals surface area contributed by atoms with Gasteiger partial charge >= 0.3 is 5.56 Å². The van der Waals surface area contributed by atoms with Gasteiger partial charge in [-0.15, -0.1) is 0 Å². The Balaban J connectivity index is 1.39. The van der Waals surface area contributed by atoms with Crippen molar-refractivity contribution >= 4 is 23.4 Å². The summed E-state index contributed by atoms with van der Waals surface area (Å²) in [5.41, 5.74) is -0.346. The molecule has 3 atom stereocenters. The van der Waals surface area contributed by atoms with Crippen LogP contribution in [0.1, 0.15) is 60.5 Å². The van der Waals surface area contributed by atoms with Crippen molar-refractivity contribution < 1.29 is 19.4 Å². The summed E-state index contributed by atoms with van der Waals surface area (Å²) in [6.07, 6.45) is 1.61. The van der Waals surface area contributed by atoms with E-state index in [9.17, 15) is 19.5 Å². The van der Waals surface area contributed by atoms with Gasteiger partial charge in [-0.3, -0.25) is 14.4 Å². The Kier molecular flexibility index (Phi) is 6.72. The lowest BCUT2D eigenvalue weighted by molar-refractivity contribution is -0.138. The van der Waals surface area contributed by atoms with Crippen molar-refractivity contribution in [1.29, 1.82) is 0 Å². The zero-order valence-corrected chi connectivity index (χ0v) is 22.9. The highest BCUT2D eigenvalue weighted by atomic mass is 35.5. The van der Waals surface area contributed by atoms with Gasteiger partial charge in [0.25, 0.3) is 5.91 Å². The third kappa shape index (κ3) is 4.90. The fraction of sp³-hybridized carbons (Fsp3) is 0.393. The molecule has 0 unspecified atom stereocenters. The number of hydrogen-bond acceptors (Lipinski definition) is 7. The first-order chi connectivity index (χ1) is 18.4. The zero-order valence-electron chi connectivity index (χ0n) is 22.1. The minimum atomic E-state index is -1.13. The molecule has 4 heterocycles. The number of aromatic nitrogens is 3. The molecule has 1 aromatic carbocycles. The average Bonchev–Trinajstić information content (AvgIpc) is 3.39. The topological polar surface area (TPSA) is 138 Å². The zero-order chi connectivity index (χ0) is 28.1. The van der Waals surface area contributed by atoms with E-state index < -0.39 is 34.7 Å². The second kappa shape index (κ2) is 9.77. The highest BCUT2D eigenvalue weighted by Crippen LogP contribution is 2.52. The fourth-order valence-corrected chi connectivity index (χ4v) is 5.92. The molecule has 3 N–H and O–H groups in total. The number of aryl methyl sites for hydroxylation is 2. The first-order valence-electron chi connectivity index (χ1n) is 12.7. The minimum Gasteiger partial charge on any atom is -0.450 e. The van der Waals surface area contributed by atoms with Crippen LogP contribution in [0.3, 0.4) is 0 Å². The number of nitrogens with one attached hydrogen (secondary N) is 2. The Morgan fingerprint density at radius 2 is 1.97 bits per heavy atom. The average molecular weight is 552 g/mol. The van der Waals surface area contributed by atoms with E-state index >= 15 is 0 Å². The number of benzene rings is 1. The van der Waals surface area contributed by atoms with Gasteiger partial charge in [-0.2, -0.15) is 5.10 Å². The highest BCUT2D eigenvalue weighted by molar-refractivity contribution is 6.30. The van der Waals surface area contributed by atoms with E-state index in [1.807, 2.05) is 18.2 Å². The van der Waals surface area contributed by atoms with Crippen LogP contribution in [0.5, 0.6) is 11.5 Å². The van der Waals surface area contributed by atoms with Crippen LogP contribution in [0, 0.1) is 13.8 Å². The van der Waals surface area contributed by atoms with Crippen molar-refractivity contribution in [3.8, 4) is 11.5 Å². The van der Waals surface area contributed by atoms with Crippen molar-refractivity contribution in [3.63, 3.8) is 0 Å². The Morgan fingerprint density at radius 1 is 1.21 bits per heavy atom. The molecule has 11 heteroatoms. The van der Waals surface area contributed by atoms with E-state index in [4.69, 9.17) is 16.3 Å². The maximum atomic E-state index is 13.7. The molecule has 39 heavy (non-hydrogen) atoms. The van der Waals surface area contributed by atoms with E-state index in [1.165, 1.54) is 12.1 Å². The number of carbonyl (C=O) groups is 2. The van der Waals surface area contributed by atoms with E-state index in [0.717, 1.165) is 5.56 Å². The molecular formula is C28H30ClN5O5. The van der Waals surface area contributed by atoms with Crippen LogP contribution < -0.4 is 15.6 Å².